The average molecular weight is 384 g/mol. The van der Waals surface area contributed by atoms with Crippen LogP contribution in [0.15, 0.2) is 30.5 Å². The summed E-state index contributed by atoms with van der Waals surface area (Å²) in [6.45, 7) is 5.56. The summed E-state index contributed by atoms with van der Waals surface area (Å²) < 4.78 is 5.13. The molecule has 0 spiro atoms. The first kappa shape index (κ1) is 19.9. The van der Waals surface area contributed by atoms with E-state index in [1.807, 2.05) is 4.90 Å². The number of nitrogens with one attached hydrogen (secondary N) is 2. The molecule has 0 bridgehead atoms. The first-order valence-electron chi connectivity index (χ1n) is 9.74. The Morgan fingerprint density at radius 2 is 2.07 bits per heavy atom. The van der Waals surface area contributed by atoms with Gasteiger partial charge in [-0.1, -0.05) is 13.8 Å². The second-order valence-corrected chi connectivity index (χ2v) is 7.66. The molecule has 1 aliphatic rings. The van der Waals surface area contributed by atoms with Crippen LogP contribution in [0.4, 0.5) is 5.69 Å². The molecular weight excluding hydrogens is 356 g/mol. The number of aromatic amines is 1. The molecule has 1 fully saturated rings. The number of hydrogen-bond donors (Lipinski definition) is 2. The molecule has 2 amide bonds. The van der Waals surface area contributed by atoms with E-state index < -0.39 is 0 Å². The second kappa shape index (κ2) is 8.91. The van der Waals surface area contributed by atoms with Gasteiger partial charge in [0.05, 0.1) is 24.7 Å². The molecule has 7 heteroatoms. The van der Waals surface area contributed by atoms with Crippen LogP contribution >= 0.6 is 0 Å². The largest absolute Gasteiger partial charge is 0.497 e. The Labute approximate surface area is 165 Å². The number of piperidine rings is 1. The summed E-state index contributed by atoms with van der Waals surface area (Å²) in [4.78, 5) is 27.0. The van der Waals surface area contributed by atoms with Crippen molar-refractivity contribution in [3.63, 3.8) is 0 Å². The molecule has 1 aliphatic heterocycles. The molecule has 1 aromatic carbocycles. The fourth-order valence-electron chi connectivity index (χ4n) is 3.56. The van der Waals surface area contributed by atoms with Gasteiger partial charge in [-0.2, -0.15) is 5.10 Å². The fourth-order valence-corrected chi connectivity index (χ4v) is 3.56. The van der Waals surface area contributed by atoms with Crippen LogP contribution in [-0.4, -0.2) is 47.1 Å². The van der Waals surface area contributed by atoms with E-state index in [2.05, 4.69) is 29.4 Å². The van der Waals surface area contributed by atoms with Gasteiger partial charge in [0, 0.05) is 31.0 Å². The van der Waals surface area contributed by atoms with E-state index >= 15 is 0 Å². The van der Waals surface area contributed by atoms with Gasteiger partial charge in [-0.3, -0.25) is 14.7 Å². The molecule has 1 saturated heterocycles. The van der Waals surface area contributed by atoms with Gasteiger partial charge in [0.15, 0.2) is 0 Å². The molecule has 2 aromatic rings. The number of methoxy groups -OCH3 is 1. The van der Waals surface area contributed by atoms with E-state index in [0.29, 0.717) is 35.9 Å². The molecule has 0 radical (unpaired) electrons. The number of amides is 2. The number of H-pyrrole nitrogens is 1. The lowest BCUT2D eigenvalue weighted by molar-refractivity contribution is -0.133. The summed E-state index contributed by atoms with van der Waals surface area (Å²) in [6, 6.07) is 6.96. The fraction of sp³-hybridized carbons (Fsp3) is 0.476. The van der Waals surface area contributed by atoms with Crippen molar-refractivity contribution in [2.24, 2.45) is 5.92 Å². The predicted molar refractivity (Wildman–Crippen MR) is 108 cm³/mol. The van der Waals surface area contributed by atoms with Crippen LogP contribution in [0, 0.1) is 5.92 Å². The molecule has 1 aromatic heterocycles. The summed E-state index contributed by atoms with van der Waals surface area (Å²) >= 11 is 0. The summed E-state index contributed by atoms with van der Waals surface area (Å²) in [5, 5.41) is 10.1. The van der Waals surface area contributed by atoms with E-state index in [1.54, 1.807) is 37.6 Å². The van der Waals surface area contributed by atoms with Crippen LogP contribution in [0.5, 0.6) is 5.75 Å². The standard InChI is InChI=1S/C21H28N4O3/c1-14(2)11-19(26)25-10-4-5-16(13-25)20-18(12-22-24-20)23-21(27)15-6-8-17(28-3)9-7-15/h6-9,12,14,16H,4-5,10-11,13H2,1-3H3,(H,22,24)(H,23,27)/t16-/m1/s1. The molecule has 0 unspecified atom stereocenters. The first-order valence-corrected chi connectivity index (χ1v) is 9.74. The van der Waals surface area contributed by atoms with Crippen molar-refractivity contribution in [2.45, 2.75) is 39.0 Å². The number of rotatable bonds is 6. The van der Waals surface area contributed by atoms with Crippen molar-refractivity contribution in [1.29, 1.82) is 0 Å². The zero-order chi connectivity index (χ0) is 20.1. The highest BCUT2D eigenvalue weighted by atomic mass is 16.5. The Kier molecular flexibility index (Phi) is 6.34. The maximum absolute atomic E-state index is 12.6. The zero-order valence-electron chi connectivity index (χ0n) is 16.7. The van der Waals surface area contributed by atoms with Crippen LogP contribution < -0.4 is 10.1 Å². The molecule has 1 atom stereocenters. The van der Waals surface area contributed by atoms with E-state index in [-0.39, 0.29) is 17.7 Å². The van der Waals surface area contributed by atoms with Crippen LogP contribution in [-0.2, 0) is 4.79 Å². The van der Waals surface area contributed by atoms with E-state index in [4.69, 9.17) is 4.74 Å². The normalized spacial score (nSPS) is 16.9. The van der Waals surface area contributed by atoms with Gasteiger partial charge in [0.2, 0.25) is 5.91 Å². The van der Waals surface area contributed by atoms with Crippen molar-refractivity contribution in [3.8, 4) is 5.75 Å². The van der Waals surface area contributed by atoms with E-state index in [0.717, 1.165) is 25.1 Å². The van der Waals surface area contributed by atoms with Crippen molar-refractivity contribution < 1.29 is 14.3 Å². The lowest BCUT2D eigenvalue weighted by atomic mass is 9.93. The third kappa shape index (κ3) is 4.71. The van der Waals surface area contributed by atoms with Crippen molar-refractivity contribution in [1.82, 2.24) is 15.1 Å². The number of ether oxygens (including phenoxy) is 1. The van der Waals surface area contributed by atoms with Crippen LogP contribution in [0.3, 0.4) is 0 Å². The predicted octanol–water partition coefficient (Wildman–Crippen LogP) is 3.42. The molecule has 150 valence electrons. The SMILES string of the molecule is COc1ccc(C(=O)Nc2cn[nH]c2[C@@H]2CCCN(C(=O)CC(C)C)C2)cc1. The Balaban J connectivity index is 1.68. The Bertz CT molecular complexity index is 813. The summed E-state index contributed by atoms with van der Waals surface area (Å²) in [5.41, 5.74) is 2.10. The smallest absolute Gasteiger partial charge is 0.255 e. The highest BCUT2D eigenvalue weighted by Gasteiger charge is 2.28. The highest BCUT2D eigenvalue weighted by molar-refractivity contribution is 6.04. The second-order valence-electron chi connectivity index (χ2n) is 7.66. The van der Waals surface area contributed by atoms with E-state index in [1.165, 1.54) is 0 Å². The number of likely N-dealkylation sites (tertiary alicyclic amines) is 1. The van der Waals surface area contributed by atoms with Gasteiger partial charge in [-0.15, -0.1) is 0 Å². The van der Waals surface area contributed by atoms with Gasteiger partial charge in [0.1, 0.15) is 5.75 Å². The maximum Gasteiger partial charge on any atom is 0.255 e. The Morgan fingerprint density at radius 3 is 2.75 bits per heavy atom. The molecule has 3 rings (SSSR count). The maximum atomic E-state index is 12.6. The first-order chi connectivity index (χ1) is 13.5. The lowest BCUT2D eigenvalue weighted by Gasteiger charge is -2.33. The number of aromatic nitrogens is 2. The summed E-state index contributed by atoms with van der Waals surface area (Å²) in [6.07, 6.45) is 4.10. The number of hydrogen-bond acceptors (Lipinski definition) is 4. The van der Waals surface area contributed by atoms with E-state index in [9.17, 15) is 9.59 Å². The van der Waals surface area contributed by atoms with Crippen LogP contribution in [0.25, 0.3) is 0 Å². The number of carbonyl (C=O) groups is 2. The molecule has 0 aliphatic carbocycles. The zero-order valence-corrected chi connectivity index (χ0v) is 16.7. The highest BCUT2D eigenvalue weighted by Crippen LogP contribution is 2.31. The Morgan fingerprint density at radius 1 is 1.32 bits per heavy atom. The summed E-state index contributed by atoms with van der Waals surface area (Å²) in [7, 11) is 1.59. The van der Waals surface area contributed by atoms with Crippen LogP contribution in [0.1, 0.15) is 55.1 Å². The number of anilines is 1. The topological polar surface area (TPSA) is 87.3 Å². The third-order valence-corrected chi connectivity index (χ3v) is 5.03. The van der Waals surface area contributed by atoms with Crippen molar-refractivity contribution >= 4 is 17.5 Å². The van der Waals surface area contributed by atoms with Gasteiger partial charge in [0.25, 0.3) is 5.91 Å². The van der Waals surface area contributed by atoms with Gasteiger partial charge < -0.3 is 15.0 Å². The monoisotopic (exact) mass is 384 g/mol. The summed E-state index contributed by atoms with van der Waals surface area (Å²) in [5.74, 6) is 1.18. The van der Waals surface area contributed by atoms with Crippen molar-refractivity contribution in [3.05, 3.63) is 41.7 Å². The minimum Gasteiger partial charge on any atom is -0.497 e. The van der Waals surface area contributed by atoms with Gasteiger partial charge in [-0.25, -0.2) is 0 Å². The van der Waals surface area contributed by atoms with Gasteiger partial charge in [-0.05, 0) is 43.0 Å². The quantitative estimate of drug-likeness (QED) is 0.799. The molecule has 2 heterocycles. The third-order valence-electron chi connectivity index (χ3n) is 5.03. The molecule has 0 saturated carbocycles. The number of nitrogens with zero attached hydrogens (tertiary/aromatic N) is 2. The Hall–Kier alpha value is -2.83. The molecular formula is C21H28N4O3. The minimum atomic E-state index is -0.200. The van der Waals surface area contributed by atoms with Crippen molar-refractivity contribution in [2.75, 3.05) is 25.5 Å². The van der Waals surface area contributed by atoms with Gasteiger partial charge >= 0.3 is 0 Å². The average Bonchev–Trinajstić information content (AvgIpc) is 3.15. The molecule has 2 N–H and O–H groups in total. The molecule has 7 nitrogen and oxygen atoms in total. The lowest BCUT2D eigenvalue weighted by Crippen LogP contribution is -2.39. The van der Waals surface area contributed by atoms with Crippen LogP contribution in [0.2, 0.25) is 0 Å². The number of carbonyl (C=O) groups excluding carboxylic acids is 2. The number of benzene rings is 1. The minimum absolute atomic E-state index is 0.138. The molecule has 28 heavy (non-hydrogen) atoms.